The normalized spacial score (nSPS) is 10.6. The average Bonchev–Trinajstić information content (AvgIpc) is 2.49. The molecule has 2 aromatic rings. The molecule has 0 radical (unpaired) electrons. The molecule has 2 rings (SSSR count). The molecule has 0 saturated carbocycles. The van der Waals surface area contributed by atoms with Crippen molar-refractivity contribution in [1.29, 1.82) is 0 Å². The molecule has 0 unspecified atom stereocenters. The number of hydrogen-bond donors (Lipinski definition) is 1. The zero-order chi connectivity index (χ0) is 16.3. The summed E-state index contributed by atoms with van der Waals surface area (Å²) in [4.78, 5) is 10.5. The number of ether oxygens (including phenoxy) is 1. The highest BCUT2D eigenvalue weighted by Crippen LogP contribution is 2.33. The molecule has 0 aliphatic carbocycles. The predicted molar refractivity (Wildman–Crippen MR) is 91.0 cm³/mol. The molecule has 0 saturated heterocycles. The molecular formula is C16H21ClN4O. The van der Waals surface area contributed by atoms with Crippen LogP contribution < -0.4 is 15.4 Å². The minimum atomic E-state index is 0.359. The molecule has 0 fully saturated rings. The first-order valence-corrected chi connectivity index (χ1v) is 7.65. The van der Waals surface area contributed by atoms with Gasteiger partial charge in [-0.2, -0.15) is 4.98 Å². The molecule has 2 N–H and O–H groups in total. The van der Waals surface area contributed by atoms with E-state index in [0.29, 0.717) is 23.1 Å². The van der Waals surface area contributed by atoms with Gasteiger partial charge in [0.05, 0.1) is 0 Å². The number of nitrogen functional groups attached to an aromatic ring is 1. The molecule has 118 valence electrons. The van der Waals surface area contributed by atoms with Crippen LogP contribution in [0.2, 0.25) is 5.02 Å². The maximum atomic E-state index is 6.18. The Balaban J connectivity index is 2.36. The van der Waals surface area contributed by atoms with Crippen molar-refractivity contribution in [3.63, 3.8) is 0 Å². The summed E-state index contributed by atoms with van der Waals surface area (Å²) in [6.07, 6.45) is 1.47. The predicted octanol–water partition coefficient (Wildman–Crippen LogP) is 3.97. The van der Waals surface area contributed by atoms with Gasteiger partial charge in [-0.3, -0.25) is 0 Å². The summed E-state index contributed by atoms with van der Waals surface area (Å²) in [6.45, 7) is 9.61. The molecule has 0 aliphatic rings. The van der Waals surface area contributed by atoms with E-state index in [1.54, 1.807) is 0 Å². The summed E-state index contributed by atoms with van der Waals surface area (Å²) in [5.74, 6) is 1.71. The van der Waals surface area contributed by atoms with E-state index >= 15 is 0 Å². The van der Waals surface area contributed by atoms with E-state index in [2.05, 4.69) is 28.7 Å². The molecule has 0 amide bonds. The largest absolute Gasteiger partial charge is 0.437 e. The third-order valence-corrected chi connectivity index (χ3v) is 4.11. The van der Waals surface area contributed by atoms with Crippen molar-refractivity contribution >= 4 is 23.1 Å². The maximum absolute atomic E-state index is 6.18. The van der Waals surface area contributed by atoms with Gasteiger partial charge >= 0.3 is 0 Å². The van der Waals surface area contributed by atoms with Gasteiger partial charge in [0, 0.05) is 18.1 Å². The van der Waals surface area contributed by atoms with Crippen LogP contribution in [0.15, 0.2) is 18.5 Å². The third kappa shape index (κ3) is 3.25. The van der Waals surface area contributed by atoms with Crippen LogP contribution >= 0.6 is 11.6 Å². The Labute approximate surface area is 136 Å². The lowest BCUT2D eigenvalue weighted by Crippen LogP contribution is -2.24. The van der Waals surface area contributed by atoms with Crippen molar-refractivity contribution in [2.45, 2.75) is 27.7 Å². The van der Waals surface area contributed by atoms with E-state index in [1.165, 1.54) is 6.33 Å². The Bertz CT molecular complexity index is 648. The number of hydrogen-bond acceptors (Lipinski definition) is 5. The number of halogens is 1. The van der Waals surface area contributed by atoms with E-state index in [0.717, 1.165) is 29.2 Å². The molecule has 22 heavy (non-hydrogen) atoms. The van der Waals surface area contributed by atoms with Gasteiger partial charge in [0.1, 0.15) is 17.8 Å². The summed E-state index contributed by atoms with van der Waals surface area (Å²) in [5, 5.41) is 0.742. The first kappa shape index (κ1) is 16.4. The number of benzene rings is 1. The lowest BCUT2D eigenvalue weighted by molar-refractivity contribution is 0.463. The molecule has 1 aromatic heterocycles. The lowest BCUT2D eigenvalue weighted by atomic mass is 10.1. The Morgan fingerprint density at radius 3 is 2.27 bits per heavy atom. The Morgan fingerprint density at radius 1 is 1.14 bits per heavy atom. The average molecular weight is 321 g/mol. The van der Waals surface area contributed by atoms with Crippen molar-refractivity contribution in [2.75, 3.05) is 23.7 Å². The standard InChI is InChI=1S/C16H21ClN4O/c1-5-21(6-2)15-14(18)16(20-9-19-15)22-12-7-10(3)13(17)11(4)8-12/h7-9H,5-6,18H2,1-4H3. The number of anilines is 2. The highest BCUT2D eigenvalue weighted by atomic mass is 35.5. The monoisotopic (exact) mass is 320 g/mol. The molecular weight excluding hydrogens is 300 g/mol. The molecule has 0 bridgehead atoms. The fourth-order valence-electron chi connectivity index (χ4n) is 2.30. The van der Waals surface area contributed by atoms with E-state index in [1.807, 2.05) is 26.0 Å². The highest BCUT2D eigenvalue weighted by molar-refractivity contribution is 6.32. The van der Waals surface area contributed by atoms with Crippen LogP contribution in [0.25, 0.3) is 0 Å². The number of aromatic nitrogens is 2. The van der Waals surface area contributed by atoms with Gasteiger partial charge in [-0.25, -0.2) is 4.98 Å². The van der Waals surface area contributed by atoms with E-state index in [-0.39, 0.29) is 0 Å². The van der Waals surface area contributed by atoms with Crippen LogP contribution in [0.5, 0.6) is 11.6 Å². The van der Waals surface area contributed by atoms with Crippen molar-refractivity contribution in [1.82, 2.24) is 9.97 Å². The lowest BCUT2D eigenvalue weighted by Gasteiger charge is -2.21. The summed E-state index contributed by atoms with van der Waals surface area (Å²) >= 11 is 6.18. The first-order valence-electron chi connectivity index (χ1n) is 7.27. The van der Waals surface area contributed by atoms with E-state index in [9.17, 15) is 0 Å². The summed E-state index contributed by atoms with van der Waals surface area (Å²) in [7, 11) is 0. The molecule has 0 aliphatic heterocycles. The Morgan fingerprint density at radius 2 is 1.73 bits per heavy atom. The molecule has 0 spiro atoms. The van der Waals surface area contributed by atoms with Gasteiger partial charge < -0.3 is 15.4 Å². The summed E-state index contributed by atoms with van der Waals surface area (Å²) < 4.78 is 5.84. The first-order chi connectivity index (χ1) is 10.5. The maximum Gasteiger partial charge on any atom is 0.248 e. The topological polar surface area (TPSA) is 64.3 Å². The second-order valence-electron chi connectivity index (χ2n) is 5.06. The number of aryl methyl sites for hydroxylation is 2. The van der Waals surface area contributed by atoms with E-state index < -0.39 is 0 Å². The molecule has 1 heterocycles. The van der Waals surface area contributed by atoms with Gasteiger partial charge in [0.15, 0.2) is 5.82 Å². The Hall–Kier alpha value is -2.01. The molecule has 0 atom stereocenters. The quantitative estimate of drug-likeness (QED) is 0.903. The van der Waals surface area contributed by atoms with Gasteiger partial charge in [0.2, 0.25) is 5.88 Å². The van der Waals surface area contributed by atoms with Crippen molar-refractivity contribution < 1.29 is 4.74 Å². The highest BCUT2D eigenvalue weighted by Gasteiger charge is 2.15. The van der Waals surface area contributed by atoms with Crippen LogP contribution in [0.3, 0.4) is 0 Å². The smallest absolute Gasteiger partial charge is 0.248 e. The van der Waals surface area contributed by atoms with Crippen LogP contribution in [-0.4, -0.2) is 23.1 Å². The zero-order valence-corrected chi connectivity index (χ0v) is 14.1. The van der Waals surface area contributed by atoms with Crippen LogP contribution in [0.4, 0.5) is 11.5 Å². The van der Waals surface area contributed by atoms with Crippen molar-refractivity contribution in [2.24, 2.45) is 0 Å². The van der Waals surface area contributed by atoms with Crippen LogP contribution in [-0.2, 0) is 0 Å². The van der Waals surface area contributed by atoms with Crippen LogP contribution in [0.1, 0.15) is 25.0 Å². The fourth-order valence-corrected chi connectivity index (χ4v) is 2.41. The molecule has 1 aromatic carbocycles. The van der Waals surface area contributed by atoms with Gasteiger partial charge in [-0.15, -0.1) is 0 Å². The number of nitrogens with zero attached hydrogens (tertiary/aromatic N) is 3. The minimum absolute atomic E-state index is 0.359. The number of rotatable bonds is 5. The Kier molecular flexibility index (Phi) is 5.08. The number of nitrogens with two attached hydrogens (primary N) is 1. The van der Waals surface area contributed by atoms with Crippen molar-refractivity contribution in [3.05, 3.63) is 34.6 Å². The summed E-state index contributed by atoms with van der Waals surface area (Å²) in [6, 6.07) is 3.74. The molecule has 5 nitrogen and oxygen atoms in total. The van der Waals surface area contributed by atoms with Gasteiger partial charge in [0.25, 0.3) is 0 Å². The van der Waals surface area contributed by atoms with Crippen molar-refractivity contribution in [3.8, 4) is 11.6 Å². The fraction of sp³-hybridized carbons (Fsp3) is 0.375. The van der Waals surface area contributed by atoms with Crippen LogP contribution in [0, 0.1) is 13.8 Å². The van der Waals surface area contributed by atoms with Gasteiger partial charge in [-0.1, -0.05) is 11.6 Å². The molecule has 6 heteroatoms. The SMILES string of the molecule is CCN(CC)c1ncnc(Oc2cc(C)c(Cl)c(C)c2)c1N. The minimum Gasteiger partial charge on any atom is -0.437 e. The second-order valence-corrected chi connectivity index (χ2v) is 5.44. The zero-order valence-electron chi connectivity index (χ0n) is 13.4. The van der Waals surface area contributed by atoms with E-state index in [4.69, 9.17) is 22.1 Å². The third-order valence-electron chi connectivity index (χ3n) is 3.51. The second kappa shape index (κ2) is 6.83. The van der Waals surface area contributed by atoms with Gasteiger partial charge in [-0.05, 0) is 51.0 Å². The summed E-state index contributed by atoms with van der Waals surface area (Å²) in [5.41, 5.74) is 8.52.